The van der Waals surface area contributed by atoms with Gasteiger partial charge in [-0.25, -0.2) is 0 Å². The van der Waals surface area contributed by atoms with E-state index in [1.165, 1.54) is 0 Å². The SMILES string of the molecule is Cl.O=C1/C(=C/c2ccc(O)cc2)CNC/C1=C\c1ccc(O)cc1. The number of carbonyl (C=O) groups is 1. The van der Waals surface area contributed by atoms with Crippen molar-refractivity contribution in [1.82, 2.24) is 5.32 Å². The van der Waals surface area contributed by atoms with E-state index in [-0.39, 0.29) is 29.7 Å². The van der Waals surface area contributed by atoms with Crippen molar-refractivity contribution in [2.75, 3.05) is 13.1 Å². The highest BCUT2D eigenvalue weighted by atomic mass is 35.5. The number of piperidine rings is 1. The van der Waals surface area contributed by atoms with Gasteiger partial charge in [-0.2, -0.15) is 0 Å². The zero-order valence-corrected chi connectivity index (χ0v) is 13.7. The van der Waals surface area contributed by atoms with Crippen LogP contribution in [0, 0.1) is 0 Å². The van der Waals surface area contributed by atoms with E-state index in [0.717, 1.165) is 11.1 Å². The Balaban J connectivity index is 0.00000208. The van der Waals surface area contributed by atoms with Gasteiger partial charge in [-0.05, 0) is 47.5 Å². The summed E-state index contributed by atoms with van der Waals surface area (Å²) in [6, 6.07) is 13.5. The van der Waals surface area contributed by atoms with Crippen LogP contribution in [0.5, 0.6) is 11.5 Å². The van der Waals surface area contributed by atoms with E-state index in [1.54, 1.807) is 48.5 Å². The third-order valence-electron chi connectivity index (χ3n) is 3.68. The second kappa shape index (κ2) is 7.81. The second-order valence-electron chi connectivity index (χ2n) is 5.45. The van der Waals surface area contributed by atoms with E-state index in [2.05, 4.69) is 5.32 Å². The summed E-state index contributed by atoms with van der Waals surface area (Å²) >= 11 is 0. The highest BCUT2D eigenvalue weighted by Gasteiger charge is 2.20. The lowest BCUT2D eigenvalue weighted by molar-refractivity contribution is -0.112. The molecule has 2 aromatic carbocycles. The molecule has 3 rings (SSSR count). The maximum atomic E-state index is 12.6. The molecular weight excluding hydrogens is 326 g/mol. The average Bonchev–Trinajstić information content (AvgIpc) is 2.55. The Hall–Kier alpha value is -2.56. The van der Waals surface area contributed by atoms with Crippen molar-refractivity contribution < 1.29 is 15.0 Å². The molecule has 1 heterocycles. The monoisotopic (exact) mass is 343 g/mol. The summed E-state index contributed by atoms with van der Waals surface area (Å²) < 4.78 is 0. The Kier molecular flexibility index (Phi) is 5.79. The third-order valence-corrected chi connectivity index (χ3v) is 3.68. The summed E-state index contributed by atoms with van der Waals surface area (Å²) in [7, 11) is 0. The molecule has 0 spiro atoms. The Morgan fingerprint density at radius 2 is 1.12 bits per heavy atom. The number of phenolic OH excluding ortho intramolecular Hbond substituents is 2. The number of benzene rings is 2. The van der Waals surface area contributed by atoms with Crippen molar-refractivity contribution in [2.45, 2.75) is 0 Å². The molecule has 0 aromatic heterocycles. The Labute approximate surface area is 146 Å². The first-order valence-corrected chi connectivity index (χ1v) is 7.36. The summed E-state index contributed by atoms with van der Waals surface area (Å²) in [6.45, 7) is 1.04. The number of Topliss-reactive ketones (excluding diaryl/α,β-unsaturated/α-hetero) is 1. The van der Waals surface area contributed by atoms with Crippen LogP contribution < -0.4 is 5.32 Å². The maximum absolute atomic E-state index is 12.6. The number of rotatable bonds is 2. The Bertz CT molecular complexity index is 712. The van der Waals surface area contributed by atoms with Gasteiger partial charge in [0.25, 0.3) is 0 Å². The first-order valence-electron chi connectivity index (χ1n) is 7.36. The molecule has 1 fully saturated rings. The number of carbonyl (C=O) groups excluding carboxylic acids is 1. The van der Waals surface area contributed by atoms with Crippen molar-refractivity contribution in [3.8, 4) is 11.5 Å². The van der Waals surface area contributed by atoms with Gasteiger partial charge >= 0.3 is 0 Å². The maximum Gasteiger partial charge on any atom is 0.187 e. The first-order chi connectivity index (χ1) is 11.1. The van der Waals surface area contributed by atoms with Crippen LogP contribution >= 0.6 is 12.4 Å². The van der Waals surface area contributed by atoms with Crippen molar-refractivity contribution in [3.05, 3.63) is 70.8 Å². The quantitative estimate of drug-likeness (QED) is 0.733. The minimum Gasteiger partial charge on any atom is -0.508 e. The van der Waals surface area contributed by atoms with Crippen molar-refractivity contribution in [1.29, 1.82) is 0 Å². The van der Waals surface area contributed by atoms with Crippen LogP contribution in [0.3, 0.4) is 0 Å². The van der Waals surface area contributed by atoms with Gasteiger partial charge in [0.05, 0.1) is 0 Å². The number of phenols is 2. The molecule has 1 aliphatic heterocycles. The van der Waals surface area contributed by atoms with Crippen molar-refractivity contribution >= 4 is 30.3 Å². The fourth-order valence-electron chi connectivity index (χ4n) is 2.48. The molecule has 0 bridgehead atoms. The first kappa shape index (κ1) is 17.8. The lowest BCUT2D eigenvalue weighted by Crippen LogP contribution is -2.32. The molecule has 1 aliphatic rings. The molecule has 0 saturated carbocycles. The molecule has 2 aromatic rings. The predicted molar refractivity (Wildman–Crippen MR) is 97.3 cm³/mol. The zero-order valence-electron chi connectivity index (χ0n) is 12.9. The number of halogens is 1. The van der Waals surface area contributed by atoms with Crippen LogP contribution in [0.1, 0.15) is 11.1 Å². The molecule has 5 heteroatoms. The lowest BCUT2D eigenvalue weighted by atomic mass is 9.95. The average molecular weight is 344 g/mol. The van der Waals surface area contributed by atoms with Crippen LogP contribution in [-0.4, -0.2) is 29.1 Å². The topological polar surface area (TPSA) is 69.6 Å². The normalized spacial score (nSPS) is 17.8. The molecule has 1 saturated heterocycles. The summed E-state index contributed by atoms with van der Waals surface area (Å²) in [4.78, 5) is 12.6. The van der Waals surface area contributed by atoms with E-state index in [4.69, 9.17) is 0 Å². The van der Waals surface area contributed by atoms with Gasteiger partial charge in [0, 0.05) is 24.2 Å². The fourth-order valence-corrected chi connectivity index (χ4v) is 2.48. The van der Waals surface area contributed by atoms with Gasteiger partial charge < -0.3 is 15.5 Å². The highest BCUT2D eigenvalue weighted by molar-refractivity contribution is 6.14. The molecule has 0 radical (unpaired) electrons. The van der Waals surface area contributed by atoms with Gasteiger partial charge in [0.1, 0.15) is 11.5 Å². The molecule has 0 atom stereocenters. The van der Waals surface area contributed by atoms with Gasteiger partial charge in [0.2, 0.25) is 0 Å². The number of nitrogens with one attached hydrogen (secondary N) is 1. The molecule has 3 N–H and O–H groups in total. The molecular formula is C19H18ClNO3. The van der Waals surface area contributed by atoms with E-state index in [9.17, 15) is 15.0 Å². The molecule has 124 valence electrons. The standard InChI is InChI=1S/C19H17NO3.ClH/c21-17-5-1-13(2-6-17)9-15-11-20-12-16(19(15)23)10-14-3-7-18(22)8-4-14;/h1-10,20-22H,11-12H2;1H/b15-9+,16-10+;. The third kappa shape index (κ3) is 4.25. The van der Waals surface area contributed by atoms with E-state index in [0.29, 0.717) is 24.2 Å². The van der Waals surface area contributed by atoms with Gasteiger partial charge in [-0.3, -0.25) is 4.79 Å². The molecule has 0 aliphatic carbocycles. The summed E-state index contributed by atoms with van der Waals surface area (Å²) in [5.41, 5.74) is 3.12. The highest BCUT2D eigenvalue weighted by Crippen LogP contribution is 2.19. The number of hydrogen-bond donors (Lipinski definition) is 3. The fraction of sp³-hybridized carbons (Fsp3) is 0.105. The van der Waals surface area contributed by atoms with Crippen LogP contribution in [0.15, 0.2) is 59.7 Å². The summed E-state index contributed by atoms with van der Waals surface area (Å²) in [5, 5.41) is 21.8. The number of ketones is 1. The minimum atomic E-state index is 0. The van der Waals surface area contributed by atoms with Crippen LogP contribution in [0.25, 0.3) is 12.2 Å². The van der Waals surface area contributed by atoms with Crippen molar-refractivity contribution in [3.63, 3.8) is 0 Å². The van der Waals surface area contributed by atoms with Gasteiger partial charge in [-0.1, -0.05) is 24.3 Å². The van der Waals surface area contributed by atoms with Crippen LogP contribution in [0.2, 0.25) is 0 Å². The lowest BCUT2D eigenvalue weighted by Gasteiger charge is -2.18. The molecule has 0 amide bonds. The van der Waals surface area contributed by atoms with Gasteiger partial charge in [0.15, 0.2) is 5.78 Å². The Morgan fingerprint density at radius 3 is 1.50 bits per heavy atom. The largest absolute Gasteiger partial charge is 0.508 e. The van der Waals surface area contributed by atoms with E-state index in [1.807, 2.05) is 12.2 Å². The van der Waals surface area contributed by atoms with E-state index >= 15 is 0 Å². The van der Waals surface area contributed by atoms with Gasteiger partial charge in [-0.15, -0.1) is 12.4 Å². The summed E-state index contributed by atoms with van der Waals surface area (Å²) in [5.74, 6) is 0.422. The summed E-state index contributed by atoms with van der Waals surface area (Å²) in [6.07, 6.45) is 3.66. The Morgan fingerprint density at radius 1 is 0.750 bits per heavy atom. The molecule has 4 nitrogen and oxygen atoms in total. The van der Waals surface area contributed by atoms with Crippen LogP contribution in [-0.2, 0) is 4.79 Å². The van der Waals surface area contributed by atoms with E-state index < -0.39 is 0 Å². The second-order valence-corrected chi connectivity index (χ2v) is 5.45. The molecule has 24 heavy (non-hydrogen) atoms. The number of aromatic hydroxyl groups is 2. The van der Waals surface area contributed by atoms with Crippen molar-refractivity contribution in [2.24, 2.45) is 0 Å². The predicted octanol–water partition coefficient (Wildman–Crippen LogP) is 3.16. The molecule has 0 unspecified atom stereocenters. The smallest absolute Gasteiger partial charge is 0.187 e. The zero-order chi connectivity index (χ0) is 16.2. The number of hydrogen-bond acceptors (Lipinski definition) is 4. The minimum absolute atomic E-state index is 0. The van der Waals surface area contributed by atoms with Crippen LogP contribution in [0.4, 0.5) is 0 Å².